The molecule has 1 aliphatic rings. The van der Waals surface area contributed by atoms with E-state index in [0.717, 1.165) is 25.5 Å². The molecule has 0 spiro atoms. The van der Waals surface area contributed by atoms with Gasteiger partial charge in [-0.25, -0.2) is 10.8 Å². The van der Waals surface area contributed by atoms with Crippen LogP contribution in [0.5, 0.6) is 0 Å². The molecule has 2 rings (SSSR count). The van der Waals surface area contributed by atoms with Crippen molar-refractivity contribution in [3.05, 3.63) is 11.2 Å². The Morgan fingerprint density at radius 3 is 2.94 bits per heavy atom. The van der Waals surface area contributed by atoms with Gasteiger partial charge in [-0.1, -0.05) is 11.6 Å². The summed E-state index contributed by atoms with van der Waals surface area (Å²) in [7, 11) is 2.11. The molecule has 1 aromatic heterocycles. The average Bonchev–Trinajstić information content (AvgIpc) is 2.30. The van der Waals surface area contributed by atoms with Crippen molar-refractivity contribution in [1.82, 2.24) is 14.9 Å². The van der Waals surface area contributed by atoms with Crippen LogP contribution in [0.3, 0.4) is 0 Å². The molecule has 7 heteroatoms. The second-order valence-electron chi connectivity index (χ2n) is 4.31. The lowest BCUT2D eigenvalue weighted by Gasteiger charge is -2.39. The van der Waals surface area contributed by atoms with E-state index in [1.807, 2.05) is 0 Å². The zero-order chi connectivity index (χ0) is 12.4. The van der Waals surface area contributed by atoms with Crippen molar-refractivity contribution >= 4 is 23.4 Å². The highest BCUT2D eigenvalue weighted by Gasteiger charge is 2.24. The summed E-state index contributed by atoms with van der Waals surface area (Å²) in [5.41, 5.74) is 2.44. The van der Waals surface area contributed by atoms with Gasteiger partial charge in [-0.05, 0) is 14.0 Å². The Balaban J connectivity index is 2.26. The summed E-state index contributed by atoms with van der Waals surface area (Å²) in [5.74, 6) is 6.44. The van der Waals surface area contributed by atoms with Crippen molar-refractivity contribution in [3.8, 4) is 0 Å². The van der Waals surface area contributed by atoms with Crippen LogP contribution in [-0.4, -0.2) is 47.6 Å². The summed E-state index contributed by atoms with van der Waals surface area (Å²) >= 11 is 6.14. The normalized spacial score (nSPS) is 21.6. The number of nitrogens with two attached hydrogens (primary N) is 1. The number of nitrogen functional groups attached to an aromatic ring is 1. The van der Waals surface area contributed by atoms with Gasteiger partial charge in [0.05, 0.1) is 6.20 Å². The number of halogens is 1. The molecule has 2 heterocycles. The first-order valence-corrected chi connectivity index (χ1v) is 5.94. The molecular weight excluding hydrogens is 240 g/mol. The maximum atomic E-state index is 6.14. The molecule has 17 heavy (non-hydrogen) atoms. The molecular formula is C10H17ClN6. The average molecular weight is 257 g/mol. The number of nitrogens with one attached hydrogen (secondary N) is 1. The number of piperazine rings is 1. The smallest absolute Gasteiger partial charge is 0.239 e. The van der Waals surface area contributed by atoms with E-state index >= 15 is 0 Å². The minimum absolute atomic E-state index is 0.367. The first-order chi connectivity index (χ1) is 8.11. The number of likely N-dealkylation sites (N-methyl/N-ethyl adjacent to an activating group) is 1. The minimum atomic E-state index is 0.367. The van der Waals surface area contributed by atoms with Gasteiger partial charge in [0, 0.05) is 25.7 Å². The molecule has 0 aliphatic carbocycles. The van der Waals surface area contributed by atoms with Crippen molar-refractivity contribution in [2.75, 3.05) is 37.0 Å². The molecule has 0 amide bonds. The van der Waals surface area contributed by atoms with Crippen LogP contribution in [-0.2, 0) is 0 Å². The Bertz CT molecular complexity index is 398. The van der Waals surface area contributed by atoms with Crippen molar-refractivity contribution in [2.24, 2.45) is 5.84 Å². The zero-order valence-corrected chi connectivity index (χ0v) is 10.8. The van der Waals surface area contributed by atoms with Crippen LogP contribution in [0.2, 0.25) is 5.02 Å². The van der Waals surface area contributed by atoms with Gasteiger partial charge in [0.15, 0.2) is 5.82 Å². The van der Waals surface area contributed by atoms with Gasteiger partial charge in [0.1, 0.15) is 5.02 Å². The Hall–Kier alpha value is -1.11. The first kappa shape index (κ1) is 12.3. The fourth-order valence-corrected chi connectivity index (χ4v) is 2.28. The quantitative estimate of drug-likeness (QED) is 0.595. The van der Waals surface area contributed by atoms with Gasteiger partial charge < -0.3 is 9.80 Å². The van der Waals surface area contributed by atoms with Gasteiger partial charge in [-0.15, -0.1) is 0 Å². The Morgan fingerprint density at radius 2 is 2.29 bits per heavy atom. The van der Waals surface area contributed by atoms with Gasteiger partial charge >= 0.3 is 0 Å². The van der Waals surface area contributed by atoms with Gasteiger partial charge in [0.25, 0.3) is 0 Å². The monoisotopic (exact) mass is 256 g/mol. The highest BCUT2D eigenvalue weighted by Crippen LogP contribution is 2.26. The third kappa shape index (κ3) is 2.59. The Kier molecular flexibility index (Phi) is 3.66. The molecule has 94 valence electrons. The van der Waals surface area contributed by atoms with Gasteiger partial charge in [-0.3, -0.25) is 5.43 Å². The van der Waals surface area contributed by atoms with E-state index in [0.29, 0.717) is 17.0 Å². The summed E-state index contributed by atoms with van der Waals surface area (Å²) in [6.07, 6.45) is 1.57. The number of hydrogen-bond donors (Lipinski definition) is 2. The number of anilines is 2. The van der Waals surface area contributed by atoms with Crippen LogP contribution in [0.1, 0.15) is 6.92 Å². The number of hydrogen-bond acceptors (Lipinski definition) is 6. The molecule has 0 saturated carbocycles. The SMILES string of the molecule is CC1CN(C)CCN1c1nc(NN)ncc1Cl. The van der Waals surface area contributed by atoms with E-state index < -0.39 is 0 Å². The van der Waals surface area contributed by atoms with Crippen LogP contribution in [0.25, 0.3) is 0 Å². The van der Waals surface area contributed by atoms with E-state index in [1.165, 1.54) is 0 Å². The summed E-state index contributed by atoms with van der Waals surface area (Å²) in [6.45, 7) is 5.05. The fourth-order valence-electron chi connectivity index (χ4n) is 2.08. The Morgan fingerprint density at radius 1 is 1.53 bits per heavy atom. The van der Waals surface area contributed by atoms with Crippen molar-refractivity contribution in [3.63, 3.8) is 0 Å². The van der Waals surface area contributed by atoms with E-state index in [4.69, 9.17) is 17.4 Å². The summed E-state index contributed by atoms with van der Waals surface area (Å²) in [6, 6.07) is 0.367. The van der Waals surface area contributed by atoms with Crippen molar-refractivity contribution < 1.29 is 0 Å². The van der Waals surface area contributed by atoms with Crippen LogP contribution in [0.4, 0.5) is 11.8 Å². The fraction of sp³-hybridized carbons (Fsp3) is 0.600. The van der Waals surface area contributed by atoms with Gasteiger partial charge in [0.2, 0.25) is 5.95 Å². The van der Waals surface area contributed by atoms with E-state index in [2.05, 4.69) is 39.2 Å². The summed E-state index contributed by atoms with van der Waals surface area (Å²) in [5, 5.41) is 0.556. The third-order valence-corrected chi connectivity index (χ3v) is 3.22. The topological polar surface area (TPSA) is 70.3 Å². The Labute approximate surface area is 106 Å². The maximum Gasteiger partial charge on any atom is 0.239 e. The van der Waals surface area contributed by atoms with Gasteiger partial charge in [-0.2, -0.15) is 4.98 Å². The number of aromatic nitrogens is 2. The predicted molar refractivity (Wildman–Crippen MR) is 69.2 cm³/mol. The van der Waals surface area contributed by atoms with Crippen LogP contribution in [0.15, 0.2) is 6.20 Å². The lowest BCUT2D eigenvalue weighted by Crippen LogP contribution is -2.51. The van der Waals surface area contributed by atoms with E-state index in [-0.39, 0.29) is 0 Å². The largest absolute Gasteiger partial charge is 0.350 e. The second kappa shape index (κ2) is 5.03. The lowest BCUT2D eigenvalue weighted by molar-refractivity contribution is 0.274. The number of nitrogens with zero attached hydrogens (tertiary/aromatic N) is 4. The third-order valence-electron chi connectivity index (χ3n) is 2.96. The first-order valence-electron chi connectivity index (χ1n) is 5.56. The molecule has 1 unspecified atom stereocenters. The molecule has 0 bridgehead atoms. The molecule has 1 aliphatic heterocycles. The van der Waals surface area contributed by atoms with Crippen LogP contribution in [0, 0.1) is 0 Å². The molecule has 3 N–H and O–H groups in total. The summed E-state index contributed by atoms with van der Waals surface area (Å²) in [4.78, 5) is 12.8. The van der Waals surface area contributed by atoms with E-state index in [9.17, 15) is 0 Å². The molecule has 1 aromatic rings. The molecule has 6 nitrogen and oxygen atoms in total. The molecule has 0 radical (unpaired) electrons. The minimum Gasteiger partial charge on any atom is -0.350 e. The molecule has 0 aromatic carbocycles. The van der Waals surface area contributed by atoms with Crippen molar-refractivity contribution in [1.29, 1.82) is 0 Å². The molecule has 1 fully saturated rings. The van der Waals surface area contributed by atoms with Crippen LogP contribution >= 0.6 is 11.6 Å². The number of rotatable bonds is 2. The predicted octanol–water partition coefficient (Wildman–Crippen LogP) is 0.556. The van der Waals surface area contributed by atoms with Crippen LogP contribution < -0.4 is 16.2 Å². The second-order valence-corrected chi connectivity index (χ2v) is 4.72. The molecule has 1 atom stereocenters. The highest BCUT2D eigenvalue weighted by atomic mass is 35.5. The standard InChI is InChI=1S/C10H17ClN6/c1-7-6-16(2)3-4-17(7)9-8(11)5-13-10(14-9)15-12/h5,7H,3-4,6,12H2,1-2H3,(H,13,14,15). The molecule has 1 saturated heterocycles. The lowest BCUT2D eigenvalue weighted by atomic mass is 10.2. The number of hydrazine groups is 1. The zero-order valence-electron chi connectivity index (χ0n) is 10.0. The maximum absolute atomic E-state index is 6.14. The van der Waals surface area contributed by atoms with Crippen molar-refractivity contribution in [2.45, 2.75) is 13.0 Å². The van der Waals surface area contributed by atoms with E-state index in [1.54, 1.807) is 6.20 Å². The highest BCUT2D eigenvalue weighted by molar-refractivity contribution is 6.32. The summed E-state index contributed by atoms with van der Waals surface area (Å²) < 4.78 is 0.